The van der Waals surface area contributed by atoms with E-state index in [0.29, 0.717) is 115 Å². The number of thiazole rings is 1. The van der Waals surface area contributed by atoms with Gasteiger partial charge in [-0.2, -0.15) is 0 Å². The Labute approximate surface area is 663 Å². The van der Waals surface area contributed by atoms with Crippen LogP contribution in [0, 0.1) is 29.6 Å². The fourth-order valence-electron chi connectivity index (χ4n) is 13.1. The third-order valence-electron chi connectivity index (χ3n) is 19.5. The summed E-state index contributed by atoms with van der Waals surface area (Å²) in [5.41, 5.74) is 7.73. The number of rotatable bonds is 53. The zero-order chi connectivity index (χ0) is 82.2. The molecule has 112 heavy (non-hydrogen) atoms. The van der Waals surface area contributed by atoms with Crippen LogP contribution in [-0.2, 0) is 102 Å². The average molecular weight is 1590 g/mol. The highest BCUT2D eigenvalue weighted by Crippen LogP contribution is 2.31. The number of urea groups is 1. The van der Waals surface area contributed by atoms with Crippen molar-refractivity contribution in [3.8, 4) is 0 Å². The van der Waals surface area contributed by atoms with E-state index in [1.165, 1.54) is 30.4 Å². The summed E-state index contributed by atoms with van der Waals surface area (Å²) in [7, 11) is 7.74. The molecule has 1 aliphatic heterocycles. The Bertz CT molecular complexity index is 3500. The molecule has 1 aliphatic rings. The van der Waals surface area contributed by atoms with Crippen LogP contribution >= 0.6 is 11.3 Å². The SMILES string of the molecule is CCC(C)C(C(CC(=O)N1CCCC1C(OC)C(C)C(=O)NC(Cc1ccccc1)c1nccs1)OC)N(C)C(=O)C(NC(=O)C(C(C)C)N(C)C(=O)OCc1ccc(NC(=O)C(CCCNC(N)=O)NC(=O)C(NC(=O)CCOCc2cn(CCOCCOCCOCCOCCC(=O)NC)nn2)C(C)C)cc1)C(C)C. The predicted molar refractivity (Wildman–Crippen MR) is 419 cm³/mol. The van der Waals surface area contributed by atoms with E-state index in [4.69, 9.17) is 43.6 Å². The number of nitrogens with two attached hydrogens (primary N) is 1. The lowest BCUT2D eigenvalue weighted by molar-refractivity contribution is -0.148. The number of hydrogen-bond donors (Lipinski definition) is 8. The van der Waals surface area contributed by atoms with Crippen molar-refractivity contribution in [1.29, 1.82) is 0 Å². The Kier molecular flexibility index (Phi) is 42.2. The zero-order valence-electron chi connectivity index (χ0n) is 67.7. The maximum Gasteiger partial charge on any atom is 0.410 e. The van der Waals surface area contributed by atoms with Gasteiger partial charge in [0.2, 0.25) is 47.3 Å². The summed E-state index contributed by atoms with van der Waals surface area (Å²) < 4.78 is 47.2. The minimum absolute atomic E-state index is 0.00551. The van der Waals surface area contributed by atoms with Crippen LogP contribution in [0.1, 0.15) is 142 Å². The molecule has 0 spiro atoms. The van der Waals surface area contributed by atoms with Crippen molar-refractivity contribution in [3.63, 3.8) is 0 Å². The molecule has 1 fully saturated rings. The van der Waals surface area contributed by atoms with Crippen molar-refractivity contribution in [2.24, 2.45) is 35.3 Å². The first kappa shape index (κ1) is 93.8. The molecule has 4 aromatic rings. The Morgan fingerprint density at radius 3 is 1.92 bits per heavy atom. The molecule has 11 unspecified atom stereocenters. The summed E-state index contributed by atoms with van der Waals surface area (Å²) >= 11 is 1.47. The predicted octanol–water partition coefficient (Wildman–Crippen LogP) is 5.31. The van der Waals surface area contributed by atoms with Gasteiger partial charge in [0.05, 0.1) is 121 Å². The number of amides is 11. The van der Waals surface area contributed by atoms with Gasteiger partial charge in [-0.3, -0.25) is 43.3 Å². The molecule has 34 heteroatoms. The van der Waals surface area contributed by atoms with Gasteiger partial charge in [0, 0.05) is 78.6 Å². The number of hydrogen-bond acceptors (Lipinski definition) is 22. The molecule has 11 atom stereocenters. The third kappa shape index (κ3) is 31.7. The molecular formula is C78H123N15O18S. The summed E-state index contributed by atoms with van der Waals surface area (Å²) in [6.07, 6.45) is 4.12. The molecule has 0 aliphatic carbocycles. The second-order valence-electron chi connectivity index (χ2n) is 28.9. The number of anilines is 1. The summed E-state index contributed by atoms with van der Waals surface area (Å²) in [5, 5.41) is 30.4. The Hall–Kier alpha value is -8.77. The molecular weight excluding hydrogens is 1470 g/mol. The number of nitrogens with zero attached hydrogens (tertiary/aromatic N) is 7. The number of methoxy groups -OCH3 is 2. The summed E-state index contributed by atoms with van der Waals surface area (Å²) in [6.45, 7) is 20.3. The van der Waals surface area contributed by atoms with Crippen molar-refractivity contribution >= 4 is 76.4 Å². The first-order valence-corrected chi connectivity index (χ1v) is 39.6. The maximum atomic E-state index is 14.9. The molecule has 624 valence electrons. The number of aromatic nitrogens is 4. The number of primary amides is 1. The van der Waals surface area contributed by atoms with Crippen LogP contribution in [-0.4, -0.2) is 250 Å². The standard InChI is InChI=1S/C78H123N15O18S/c1-15-53(8)69(62(104-13)46-65(96)93-33-20-24-61(93)70(105-14)54(9)71(97)85-60(75-81-32-44-112-75)45-55-21-17-16-18-22-55)90(11)76(101)67(51(4)5)87-74(100)68(52(6)7)91(12)78(103)111-48-56-25-27-57(28-26-56)83-72(98)59(23-19-31-82-77(79)102)84-73(99)66(50(2)3)86-64(95)30-36-110-49-58-47-92(89-88-58)34-37-107-39-41-109-43-42-108-40-38-106-35-29-63(94)80-10/h16-18,21-22,25-28,32,44,47,50-54,59-62,66-70H,15,19-20,23-24,29-31,33-43,45-46,48-49H2,1-14H3,(H,80,94)(H,83,98)(H,84,99)(H,85,97)(H,86,95)(H,87,100)(H3,79,82,102). The number of ether oxygens (including phenoxy) is 8. The van der Waals surface area contributed by atoms with Crippen molar-refractivity contribution in [2.75, 3.05) is 113 Å². The zero-order valence-corrected chi connectivity index (χ0v) is 68.6. The Morgan fingerprint density at radius 1 is 0.679 bits per heavy atom. The van der Waals surface area contributed by atoms with E-state index >= 15 is 0 Å². The molecule has 1 saturated heterocycles. The summed E-state index contributed by atoms with van der Waals surface area (Å²) in [6, 6.07) is 9.79. The molecule has 0 saturated carbocycles. The van der Waals surface area contributed by atoms with Gasteiger partial charge in [-0.05, 0) is 79.0 Å². The molecule has 9 N–H and O–H groups in total. The molecule has 3 heterocycles. The van der Waals surface area contributed by atoms with Crippen molar-refractivity contribution in [1.82, 2.24) is 66.6 Å². The van der Waals surface area contributed by atoms with Crippen LogP contribution in [0.5, 0.6) is 0 Å². The smallest absolute Gasteiger partial charge is 0.410 e. The van der Waals surface area contributed by atoms with Gasteiger partial charge in [0.15, 0.2) is 0 Å². The normalized spacial score (nSPS) is 15.5. The van der Waals surface area contributed by atoms with Crippen molar-refractivity contribution < 1.29 is 85.8 Å². The van der Waals surface area contributed by atoms with E-state index in [2.05, 4.69) is 52.5 Å². The van der Waals surface area contributed by atoms with Crippen molar-refractivity contribution in [3.05, 3.63) is 94.2 Å². The van der Waals surface area contributed by atoms with Crippen LogP contribution in [0.3, 0.4) is 0 Å². The highest BCUT2D eigenvalue weighted by atomic mass is 32.1. The fourth-order valence-corrected chi connectivity index (χ4v) is 13.8. The van der Waals surface area contributed by atoms with Gasteiger partial charge >= 0.3 is 12.1 Å². The minimum Gasteiger partial charge on any atom is -0.445 e. The van der Waals surface area contributed by atoms with Gasteiger partial charge in [-0.1, -0.05) is 116 Å². The van der Waals surface area contributed by atoms with Gasteiger partial charge in [-0.15, -0.1) is 16.4 Å². The average Bonchev–Trinajstić information content (AvgIpc) is 1.58. The Balaban J connectivity index is 1.10. The van der Waals surface area contributed by atoms with Gasteiger partial charge in [0.25, 0.3) is 0 Å². The lowest BCUT2D eigenvalue weighted by Crippen LogP contribution is -2.60. The van der Waals surface area contributed by atoms with Crippen LogP contribution in [0.25, 0.3) is 0 Å². The lowest BCUT2D eigenvalue weighted by Gasteiger charge is -2.41. The number of likely N-dealkylation sites (tertiary alicyclic amines) is 1. The highest BCUT2D eigenvalue weighted by Gasteiger charge is 2.44. The number of benzene rings is 2. The number of carbonyl (C=O) groups excluding carboxylic acids is 10. The van der Waals surface area contributed by atoms with Crippen LogP contribution < -0.4 is 43.0 Å². The number of carbonyl (C=O) groups is 10. The molecule has 33 nitrogen and oxygen atoms in total. The van der Waals surface area contributed by atoms with Gasteiger partial charge in [0.1, 0.15) is 41.5 Å². The van der Waals surface area contributed by atoms with E-state index < -0.39 is 114 Å². The second kappa shape index (κ2) is 50.4. The van der Waals surface area contributed by atoms with Crippen LogP contribution in [0.4, 0.5) is 15.3 Å². The summed E-state index contributed by atoms with van der Waals surface area (Å²) in [4.78, 5) is 145. The van der Waals surface area contributed by atoms with E-state index in [1.54, 1.807) is 100 Å². The topological polar surface area (TPSA) is 408 Å². The summed E-state index contributed by atoms with van der Waals surface area (Å²) in [5.74, 6) is -5.29. The van der Waals surface area contributed by atoms with Gasteiger partial charge in [-0.25, -0.2) is 19.3 Å². The van der Waals surface area contributed by atoms with Crippen LogP contribution in [0.2, 0.25) is 0 Å². The number of nitrogens with one attached hydrogen (secondary N) is 7. The first-order valence-electron chi connectivity index (χ1n) is 38.7. The monoisotopic (exact) mass is 1590 g/mol. The quantitative estimate of drug-likeness (QED) is 0.0260. The molecule has 5 rings (SSSR count). The highest BCUT2D eigenvalue weighted by molar-refractivity contribution is 7.09. The van der Waals surface area contributed by atoms with E-state index in [1.807, 2.05) is 70.3 Å². The molecule has 2 aromatic carbocycles. The van der Waals surface area contributed by atoms with E-state index in [-0.39, 0.29) is 81.7 Å². The maximum absolute atomic E-state index is 14.9. The largest absolute Gasteiger partial charge is 0.445 e. The van der Waals surface area contributed by atoms with E-state index in [9.17, 15) is 47.9 Å². The van der Waals surface area contributed by atoms with Crippen molar-refractivity contribution in [2.45, 2.75) is 194 Å². The van der Waals surface area contributed by atoms with Crippen LogP contribution in [0.15, 0.2) is 72.4 Å². The Morgan fingerprint density at radius 2 is 1.32 bits per heavy atom. The molecule has 0 radical (unpaired) electrons. The second-order valence-corrected chi connectivity index (χ2v) is 29.8. The minimum atomic E-state index is -1.13. The first-order chi connectivity index (χ1) is 53.6. The van der Waals surface area contributed by atoms with E-state index in [0.717, 1.165) is 10.6 Å². The lowest BCUT2D eigenvalue weighted by atomic mass is 9.89. The van der Waals surface area contributed by atoms with Gasteiger partial charge < -0.3 is 90.6 Å². The molecule has 2 aromatic heterocycles. The third-order valence-corrected chi connectivity index (χ3v) is 20.4. The molecule has 11 amide bonds. The fraction of sp³-hybridized carbons (Fsp3) is 0.654. The molecule has 0 bridgehead atoms. The number of likely N-dealkylation sites (N-methyl/N-ethyl adjacent to an activating group) is 2.